The average Bonchev–Trinajstić information content (AvgIpc) is 2.30. The minimum Gasteiger partial charge on any atom is -0.366 e. The van der Waals surface area contributed by atoms with E-state index in [1.54, 1.807) is 32.9 Å². The summed E-state index contributed by atoms with van der Waals surface area (Å²) in [5.74, 6) is 0.0155. The fourth-order valence-corrected chi connectivity index (χ4v) is 2.58. The number of urea groups is 1. The van der Waals surface area contributed by atoms with Crippen molar-refractivity contribution in [2.24, 2.45) is 0 Å². The molecule has 0 aliphatic rings. The highest BCUT2D eigenvalue weighted by molar-refractivity contribution is 7.85. The Kier molecular flexibility index (Phi) is 5.28. The first-order valence-electron chi connectivity index (χ1n) is 6.04. The Labute approximate surface area is 125 Å². The number of aryl methyl sites for hydroxylation is 3. The van der Waals surface area contributed by atoms with Crippen LogP contribution in [0.5, 0.6) is 5.75 Å². The number of carbonyl (C=O) groups is 1. The van der Waals surface area contributed by atoms with Crippen molar-refractivity contribution >= 4 is 16.3 Å². The third-order valence-electron chi connectivity index (χ3n) is 2.46. The molecule has 22 heavy (non-hydrogen) atoms. The summed E-state index contributed by atoms with van der Waals surface area (Å²) in [5.41, 5.74) is 1.91. The molecule has 0 atom stereocenters. The van der Waals surface area contributed by atoms with Gasteiger partial charge >= 0.3 is 22.5 Å². The molecule has 2 amide bonds. The lowest BCUT2D eigenvalue weighted by atomic mass is 10.1. The highest BCUT2D eigenvalue weighted by Crippen LogP contribution is 2.25. The first kappa shape index (κ1) is 18.1. The SMILES string of the molecule is Cc1cc(C)c(OS(=O)(=O)NC(=O)NCC(F)(F)F)c(C)c1. The van der Waals surface area contributed by atoms with Crippen molar-refractivity contribution < 1.29 is 30.6 Å². The Morgan fingerprint density at radius 1 is 1.18 bits per heavy atom. The summed E-state index contributed by atoms with van der Waals surface area (Å²) in [6, 6.07) is 1.81. The van der Waals surface area contributed by atoms with Crippen LogP contribution in [0, 0.1) is 20.8 Å². The predicted octanol–water partition coefficient (Wildman–Crippen LogP) is 2.10. The number of hydrogen-bond acceptors (Lipinski definition) is 4. The van der Waals surface area contributed by atoms with E-state index >= 15 is 0 Å². The van der Waals surface area contributed by atoms with Crippen LogP contribution in [0.3, 0.4) is 0 Å². The van der Waals surface area contributed by atoms with Crippen LogP contribution in [-0.4, -0.2) is 27.2 Å². The van der Waals surface area contributed by atoms with E-state index in [4.69, 9.17) is 4.18 Å². The van der Waals surface area contributed by atoms with E-state index in [1.807, 2.05) is 0 Å². The molecular formula is C12H15F3N2O4S. The van der Waals surface area contributed by atoms with Gasteiger partial charge in [0.25, 0.3) is 0 Å². The number of alkyl halides is 3. The molecule has 6 nitrogen and oxygen atoms in total. The first-order valence-corrected chi connectivity index (χ1v) is 7.45. The van der Waals surface area contributed by atoms with E-state index in [-0.39, 0.29) is 5.75 Å². The van der Waals surface area contributed by atoms with Crippen LogP contribution in [-0.2, 0) is 10.3 Å². The zero-order valence-electron chi connectivity index (χ0n) is 12.0. The number of hydrogen-bond donors (Lipinski definition) is 2. The normalized spacial score (nSPS) is 11.9. The molecule has 0 spiro atoms. The van der Waals surface area contributed by atoms with Crippen LogP contribution in [0.1, 0.15) is 16.7 Å². The lowest BCUT2D eigenvalue weighted by molar-refractivity contribution is -0.122. The minimum absolute atomic E-state index is 0.0155. The fraction of sp³-hybridized carbons (Fsp3) is 0.417. The zero-order chi connectivity index (χ0) is 17.1. The number of rotatable bonds is 4. The van der Waals surface area contributed by atoms with E-state index in [0.717, 1.165) is 5.56 Å². The third-order valence-corrected chi connectivity index (χ3v) is 3.29. The molecule has 1 aromatic carbocycles. The van der Waals surface area contributed by atoms with Gasteiger partial charge in [0.05, 0.1) is 0 Å². The Morgan fingerprint density at radius 2 is 1.68 bits per heavy atom. The minimum atomic E-state index is -4.65. The molecule has 0 aliphatic carbocycles. The van der Waals surface area contributed by atoms with Gasteiger partial charge < -0.3 is 9.50 Å². The summed E-state index contributed by atoms with van der Waals surface area (Å²) in [5, 5.41) is 1.37. The van der Waals surface area contributed by atoms with Crippen molar-refractivity contribution in [3.05, 3.63) is 28.8 Å². The highest BCUT2D eigenvalue weighted by Gasteiger charge is 2.29. The van der Waals surface area contributed by atoms with E-state index < -0.39 is 29.1 Å². The van der Waals surface area contributed by atoms with Crippen LogP contribution in [0.15, 0.2) is 12.1 Å². The molecule has 1 aromatic rings. The summed E-state index contributed by atoms with van der Waals surface area (Å²) in [6.45, 7) is 3.36. The molecule has 10 heteroatoms. The average molecular weight is 340 g/mol. The van der Waals surface area contributed by atoms with Gasteiger partial charge in [0.15, 0.2) is 0 Å². The van der Waals surface area contributed by atoms with Gasteiger partial charge in [0.2, 0.25) is 0 Å². The summed E-state index contributed by atoms with van der Waals surface area (Å²) in [4.78, 5) is 11.1. The van der Waals surface area contributed by atoms with E-state index in [1.165, 1.54) is 10.0 Å². The first-order chi connectivity index (χ1) is 9.89. The fourth-order valence-electron chi connectivity index (χ4n) is 1.76. The molecule has 0 unspecified atom stereocenters. The topological polar surface area (TPSA) is 84.5 Å². The Bertz CT molecular complexity index is 648. The van der Waals surface area contributed by atoms with Gasteiger partial charge in [-0.15, -0.1) is 0 Å². The van der Waals surface area contributed by atoms with Crippen LogP contribution < -0.4 is 14.2 Å². The lowest BCUT2D eigenvalue weighted by Crippen LogP contribution is -2.44. The maximum Gasteiger partial charge on any atom is 0.411 e. The molecule has 0 saturated carbocycles. The predicted molar refractivity (Wildman–Crippen MR) is 72.8 cm³/mol. The number of carbonyl (C=O) groups excluding carboxylic acids is 1. The molecule has 0 radical (unpaired) electrons. The summed E-state index contributed by atoms with van der Waals surface area (Å²) < 4.78 is 65.1. The van der Waals surface area contributed by atoms with Crippen molar-refractivity contribution in [1.82, 2.24) is 10.0 Å². The van der Waals surface area contributed by atoms with Gasteiger partial charge in [-0.3, -0.25) is 0 Å². The van der Waals surface area contributed by atoms with E-state index in [2.05, 4.69) is 0 Å². The molecule has 124 valence electrons. The number of benzene rings is 1. The summed E-state index contributed by atoms with van der Waals surface area (Å²) in [7, 11) is -4.59. The standard InChI is InChI=1S/C12H15F3N2O4S/c1-7-4-8(2)10(9(3)5-7)21-22(19,20)17-11(18)16-6-12(13,14)15/h4-5H,6H2,1-3H3,(H2,16,17,18). The molecule has 0 aliphatic heterocycles. The number of nitrogens with one attached hydrogen (secondary N) is 2. The lowest BCUT2D eigenvalue weighted by Gasteiger charge is -2.14. The summed E-state index contributed by atoms with van der Waals surface area (Å²) >= 11 is 0. The van der Waals surface area contributed by atoms with Gasteiger partial charge in [-0.2, -0.15) is 21.6 Å². The van der Waals surface area contributed by atoms with Crippen molar-refractivity contribution in [2.75, 3.05) is 6.54 Å². The van der Waals surface area contributed by atoms with Gasteiger partial charge in [-0.1, -0.05) is 17.7 Å². The number of halogens is 3. The number of amides is 2. The van der Waals surface area contributed by atoms with Gasteiger partial charge in [-0.25, -0.2) is 9.52 Å². The molecule has 1 rings (SSSR count). The van der Waals surface area contributed by atoms with Gasteiger partial charge in [-0.05, 0) is 31.9 Å². The van der Waals surface area contributed by atoms with Crippen LogP contribution in [0.25, 0.3) is 0 Å². The molecule has 0 aromatic heterocycles. The van der Waals surface area contributed by atoms with Gasteiger partial charge in [0, 0.05) is 0 Å². The molecular weight excluding hydrogens is 325 g/mol. The molecule has 0 fully saturated rings. The van der Waals surface area contributed by atoms with Crippen LogP contribution in [0.2, 0.25) is 0 Å². The second-order valence-corrected chi connectivity index (χ2v) is 5.94. The maximum atomic E-state index is 11.9. The van der Waals surface area contributed by atoms with E-state index in [9.17, 15) is 26.4 Å². The summed E-state index contributed by atoms with van der Waals surface area (Å²) in [6.07, 6.45) is -4.65. The molecule has 0 bridgehead atoms. The maximum absolute atomic E-state index is 11.9. The monoisotopic (exact) mass is 340 g/mol. The van der Waals surface area contributed by atoms with Crippen molar-refractivity contribution in [3.63, 3.8) is 0 Å². The van der Waals surface area contributed by atoms with Gasteiger partial charge in [0.1, 0.15) is 12.3 Å². The smallest absolute Gasteiger partial charge is 0.366 e. The van der Waals surface area contributed by atoms with Crippen LogP contribution in [0.4, 0.5) is 18.0 Å². The zero-order valence-corrected chi connectivity index (χ0v) is 12.9. The largest absolute Gasteiger partial charge is 0.411 e. The second-order valence-electron chi connectivity index (χ2n) is 4.67. The molecule has 0 heterocycles. The van der Waals surface area contributed by atoms with Crippen molar-refractivity contribution in [3.8, 4) is 5.75 Å². The van der Waals surface area contributed by atoms with Crippen LogP contribution >= 0.6 is 0 Å². The second kappa shape index (κ2) is 6.42. The molecule has 2 N–H and O–H groups in total. The molecule has 0 saturated heterocycles. The van der Waals surface area contributed by atoms with Crippen molar-refractivity contribution in [1.29, 1.82) is 0 Å². The van der Waals surface area contributed by atoms with E-state index in [0.29, 0.717) is 11.1 Å². The quantitative estimate of drug-likeness (QED) is 0.879. The van der Waals surface area contributed by atoms with Crippen molar-refractivity contribution in [2.45, 2.75) is 26.9 Å². The highest BCUT2D eigenvalue weighted by atomic mass is 32.2. The Balaban J connectivity index is 2.79. The Hall–Kier alpha value is -1.97. The third kappa shape index (κ3) is 5.80. The Morgan fingerprint density at radius 3 is 2.14 bits per heavy atom.